The molecule has 2 aliphatic rings. The Morgan fingerprint density at radius 1 is 1.29 bits per heavy atom. The van der Waals surface area contributed by atoms with Crippen molar-refractivity contribution in [2.75, 3.05) is 13.1 Å². The Hall–Kier alpha value is 0.390. The lowest BCUT2D eigenvalue weighted by molar-refractivity contribution is 0.291. The number of rotatable bonds is 2. The normalized spacial score (nSPS) is 35.9. The number of sulfonamides is 1. The van der Waals surface area contributed by atoms with E-state index < -0.39 is 10.0 Å². The van der Waals surface area contributed by atoms with Crippen molar-refractivity contribution in [3.8, 4) is 0 Å². The highest BCUT2D eigenvalue weighted by Crippen LogP contribution is 2.34. The van der Waals surface area contributed by atoms with Crippen LogP contribution in [0.5, 0.6) is 0 Å². The zero-order valence-corrected chi connectivity index (χ0v) is 10.7. The molecule has 0 radical (unpaired) electrons. The van der Waals surface area contributed by atoms with Crippen LogP contribution < -0.4 is 0 Å². The third-order valence-corrected chi connectivity index (χ3v) is 6.79. The van der Waals surface area contributed by atoms with E-state index in [1.165, 1.54) is 0 Å². The Morgan fingerprint density at radius 3 is 2.43 bits per heavy atom. The number of hydrogen-bond donors (Lipinski definition) is 0. The number of alkyl halides is 1. The zero-order chi connectivity index (χ0) is 10.3. The van der Waals surface area contributed by atoms with Crippen molar-refractivity contribution < 1.29 is 8.42 Å². The minimum Gasteiger partial charge on any atom is -0.212 e. The summed E-state index contributed by atoms with van der Waals surface area (Å²) < 4.78 is 25.5. The predicted octanol–water partition coefficient (Wildman–Crippen LogP) is 1.58. The molecule has 3 nitrogen and oxygen atoms in total. The maximum atomic E-state index is 11.9. The van der Waals surface area contributed by atoms with E-state index in [0.29, 0.717) is 23.8 Å². The third kappa shape index (κ3) is 1.99. The molecule has 5 heteroatoms. The first kappa shape index (κ1) is 10.9. The van der Waals surface area contributed by atoms with Crippen LogP contribution in [0, 0.1) is 5.92 Å². The molecule has 0 bridgehead atoms. The molecule has 1 saturated heterocycles. The van der Waals surface area contributed by atoms with Crippen LogP contribution in [0.15, 0.2) is 0 Å². The smallest absolute Gasteiger partial charge is 0.212 e. The minimum absolute atomic E-state index is 0.0541. The van der Waals surface area contributed by atoms with Gasteiger partial charge in [0.2, 0.25) is 10.0 Å². The molecule has 2 fully saturated rings. The molecule has 1 aliphatic carbocycles. The van der Waals surface area contributed by atoms with Gasteiger partial charge in [-0.2, -0.15) is 0 Å². The number of nitrogens with zero attached hydrogens (tertiary/aromatic N) is 1. The standard InChI is InChI=1S/C9H16BrNO2S/c1-7-6-11(5-4-9(7)10)14(12,13)8-2-3-8/h7-9H,2-6H2,1H3. The lowest BCUT2D eigenvalue weighted by Gasteiger charge is -2.33. The molecule has 2 atom stereocenters. The summed E-state index contributed by atoms with van der Waals surface area (Å²) in [5.41, 5.74) is 0. The van der Waals surface area contributed by atoms with Crippen molar-refractivity contribution in [2.45, 2.75) is 36.3 Å². The Morgan fingerprint density at radius 2 is 1.93 bits per heavy atom. The number of hydrogen-bond acceptors (Lipinski definition) is 2. The second-order valence-corrected chi connectivity index (χ2v) is 7.77. The van der Waals surface area contributed by atoms with Gasteiger partial charge in [0.25, 0.3) is 0 Å². The van der Waals surface area contributed by atoms with Gasteiger partial charge in [0.1, 0.15) is 0 Å². The van der Waals surface area contributed by atoms with Crippen molar-refractivity contribution >= 4 is 26.0 Å². The fourth-order valence-electron chi connectivity index (χ4n) is 1.89. The SMILES string of the molecule is CC1CN(S(=O)(=O)C2CC2)CCC1Br. The lowest BCUT2D eigenvalue weighted by Crippen LogP contribution is -2.44. The van der Waals surface area contributed by atoms with E-state index in [9.17, 15) is 8.42 Å². The maximum Gasteiger partial charge on any atom is 0.216 e. The molecular formula is C9H16BrNO2S. The molecule has 0 aromatic heterocycles. The minimum atomic E-state index is -2.93. The van der Waals surface area contributed by atoms with Crippen LogP contribution in [0.1, 0.15) is 26.2 Å². The summed E-state index contributed by atoms with van der Waals surface area (Å²) in [6.45, 7) is 3.49. The van der Waals surface area contributed by atoms with Crippen LogP contribution in [0.2, 0.25) is 0 Å². The molecule has 1 saturated carbocycles. The summed E-state index contributed by atoms with van der Waals surface area (Å²) in [5.74, 6) is 0.428. The van der Waals surface area contributed by atoms with Gasteiger partial charge in [-0.3, -0.25) is 0 Å². The molecule has 82 valence electrons. The summed E-state index contributed by atoms with van der Waals surface area (Å²) in [6, 6.07) is 0. The van der Waals surface area contributed by atoms with Gasteiger partial charge in [0.05, 0.1) is 5.25 Å². The zero-order valence-electron chi connectivity index (χ0n) is 8.32. The van der Waals surface area contributed by atoms with Gasteiger partial charge in [-0.05, 0) is 25.2 Å². The molecule has 1 aliphatic heterocycles. The fraction of sp³-hybridized carbons (Fsp3) is 1.00. The van der Waals surface area contributed by atoms with Gasteiger partial charge in [-0.25, -0.2) is 12.7 Å². The topological polar surface area (TPSA) is 37.4 Å². The Labute approximate surface area is 94.0 Å². The predicted molar refractivity (Wildman–Crippen MR) is 60.0 cm³/mol. The number of halogens is 1. The van der Waals surface area contributed by atoms with Gasteiger partial charge in [-0.1, -0.05) is 22.9 Å². The summed E-state index contributed by atoms with van der Waals surface area (Å²) in [6.07, 6.45) is 2.67. The van der Waals surface area contributed by atoms with Crippen molar-refractivity contribution in [1.82, 2.24) is 4.31 Å². The molecule has 0 aromatic rings. The average Bonchev–Trinajstić information content (AvgIpc) is 2.92. The van der Waals surface area contributed by atoms with Crippen LogP contribution in [-0.4, -0.2) is 35.9 Å². The van der Waals surface area contributed by atoms with E-state index in [1.54, 1.807) is 4.31 Å². The Kier molecular flexibility index (Phi) is 2.92. The fourth-order valence-corrected chi connectivity index (χ4v) is 4.21. The quantitative estimate of drug-likeness (QED) is 0.721. The second-order valence-electron chi connectivity index (χ2n) is 4.38. The molecule has 0 N–H and O–H groups in total. The monoisotopic (exact) mass is 281 g/mol. The van der Waals surface area contributed by atoms with E-state index in [1.807, 2.05) is 0 Å². The van der Waals surface area contributed by atoms with Crippen molar-refractivity contribution in [1.29, 1.82) is 0 Å². The first-order valence-corrected chi connectivity index (χ1v) is 7.56. The second kappa shape index (κ2) is 3.76. The van der Waals surface area contributed by atoms with E-state index >= 15 is 0 Å². The van der Waals surface area contributed by atoms with Crippen LogP contribution in [0.4, 0.5) is 0 Å². The molecular weight excluding hydrogens is 266 g/mol. The van der Waals surface area contributed by atoms with Gasteiger partial charge < -0.3 is 0 Å². The van der Waals surface area contributed by atoms with E-state index in [2.05, 4.69) is 22.9 Å². The summed E-state index contributed by atoms with van der Waals surface area (Å²) in [4.78, 5) is 0.480. The third-order valence-electron chi connectivity index (χ3n) is 3.07. The molecule has 2 unspecified atom stereocenters. The molecule has 0 aromatic carbocycles. The lowest BCUT2D eigenvalue weighted by atomic mass is 10.0. The van der Waals surface area contributed by atoms with E-state index in [0.717, 1.165) is 19.3 Å². The molecule has 0 spiro atoms. The van der Waals surface area contributed by atoms with E-state index in [4.69, 9.17) is 0 Å². The maximum absolute atomic E-state index is 11.9. The Balaban J connectivity index is 2.05. The molecule has 1 heterocycles. The van der Waals surface area contributed by atoms with Gasteiger partial charge in [-0.15, -0.1) is 0 Å². The van der Waals surface area contributed by atoms with Gasteiger partial charge >= 0.3 is 0 Å². The average molecular weight is 282 g/mol. The van der Waals surface area contributed by atoms with Crippen LogP contribution in [0.3, 0.4) is 0 Å². The molecule has 0 amide bonds. The van der Waals surface area contributed by atoms with Gasteiger partial charge in [0, 0.05) is 17.9 Å². The van der Waals surface area contributed by atoms with Gasteiger partial charge in [0.15, 0.2) is 0 Å². The largest absolute Gasteiger partial charge is 0.216 e. The summed E-state index contributed by atoms with van der Waals surface area (Å²) in [5, 5.41) is -0.0541. The highest BCUT2D eigenvalue weighted by Gasteiger charge is 2.42. The van der Waals surface area contributed by atoms with E-state index in [-0.39, 0.29) is 5.25 Å². The van der Waals surface area contributed by atoms with Crippen LogP contribution in [0.25, 0.3) is 0 Å². The molecule has 2 rings (SSSR count). The van der Waals surface area contributed by atoms with Crippen LogP contribution in [-0.2, 0) is 10.0 Å². The van der Waals surface area contributed by atoms with Crippen molar-refractivity contribution in [3.05, 3.63) is 0 Å². The Bertz CT molecular complexity index is 313. The summed E-state index contributed by atoms with van der Waals surface area (Å²) in [7, 11) is -2.93. The first-order valence-electron chi connectivity index (χ1n) is 5.15. The first-order chi connectivity index (χ1) is 6.51. The number of piperidine rings is 1. The molecule has 14 heavy (non-hydrogen) atoms. The summed E-state index contributed by atoms with van der Waals surface area (Å²) >= 11 is 3.58. The van der Waals surface area contributed by atoms with Crippen molar-refractivity contribution in [2.24, 2.45) is 5.92 Å². The highest BCUT2D eigenvalue weighted by atomic mass is 79.9. The van der Waals surface area contributed by atoms with Crippen molar-refractivity contribution in [3.63, 3.8) is 0 Å². The van der Waals surface area contributed by atoms with Crippen LogP contribution >= 0.6 is 15.9 Å². The highest BCUT2D eigenvalue weighted by molar-refractivity contribution is 9.09.